The lowest BCUT2D eigenvalue weighted by atomic mass is 9.97. The first kappa shape index (κ1) is 34.5. The molecule has 252 valence electrons. The normalized spacial score (nSPS) is 12.3. The van der Waals surface area contributed by atoms with Gasteiger partial charge in [0.2, 0.25) is 5.91 Å². The second kappa shape index (κ2) is 15.4. The minimum absolute atomic E-state index is 0.0442. The number of aromatic nitrogens is 1. The zero-order chi connectivity index (χ0) is 34.4. The van der Waals surface area contributed by atoms with Gasteiger partial charge in [0.25, 0.3) is 11.8 Å². The highest BCUT2D eigenvalue weighted by Gasteiger charge is 2.27. The van der Waals surface area contributed by atoms with E-state index in [2.05, 4.69) is 29.4 Å². The van der Waals surface area contributed by atoms with Crippen molar-refractivity contribution in [1.82, 2.24) is 15.2 Å². The van der Waals surface area contributed by atoms with E-state index in [0.29, 0.717) is 66.0 Å². The van der Waals surface area contributed by atoms with Crippen molar-refractivity contribution >= 4 is 52.1 Å². The van der Waals surface area contributed by atoms with Crippen LogP contribution in [-0.2, 0) is 22.4 Å². The van der Waals surface area contributed by atoms with E-state index < -0.39 is 11.5 Å². The van der Waals surface area contributed by atoms with E-state index in [4.69, 9.17) is 20.8 Å². The molecule has 0 atom stereocenters. The molecule has 2 N–H and O–H groups in total. The number of fused-ring (bicyclic) bond motifs is 2. The largest absolute Gasteiger partial charge is 0.501 e. The van der Waals surface area contributed by atoms with Gasteiger partial charge in [0.1, 0.15) is 11.1 Å². The molecule has 0 saturated carbocycles. The molecule has 1 aliphatic carbocycles. The smallest absolute Gasteiger partial charge is 0.349 e. The van der Waals surface area contributed by atoms with Crippen LogP contribution in [0.1, 0.15) is 76.3 Å². The van der Waals surface area contributed by atoms with Crippen LogP contribution in [0.25, 0.3) is 17.0 Å². The maximum absolute atomic E-state index is 13.6. The van der Waals surface area contributed by atoms with Gasteiger partial charge < -0.3 is 24.7 Å². The number of halogens is 1. The standard InChI is InChI=1S/C37H41ClN4O6/c1-5-41(6-2)27-14-11-25-19-31(37(46)48-33(25)20-27)35(44)40-18-8-7-17-39-34(43)22-29-23(3)42(32-16-15-28(47-4)21-30(29)32)36(45)24-9-12-26(38)13-10-24/h9-14,19-21H,5-8,15-18,22H2,1-4H3,(H,39,43)(H,40,44). The van der Waals surface area contributed by atoms with Gasteiger partial charge in [-0.1, -0.05) is 11.6 Å². The zero-order valence-corrected chi connectivity index (χ0v) is 28.5. The van der Waals surface area contributed by atoms with Gasteiger partial charge in [-0.25, -0.2) is 4.79 Å². The molecule has 48 heavy (non-hydrogen) atoms. The molecule has 1 aliphatic rings. The van der Waals surface area contributed by atoms with E-state index in [-0.39, 0.29) is 23.8 Å². The van der Waals surface area contributed by atoms with Crippen LogP contribution < -0.4 is 21.2 Å². The SMILES string of the molecule is CCN(CC)c1ccc2cc(C(=O)NCCCCNC(=O)Cc3c4c(n(C(=O)c5ccc(Cl)cc5)c3C)CCC(OC)=C4)c(=O)oc2c1. The van der Waals surface area contributed by atoms with Crippen LogP contribution in [0.3, 0.4) is 0 Å². The van der Waals surface area contributed by atoms with Gasteiger partial charge in [0.05, 0.1) is 19.3 Å². The lowest BCUT2D eigenvalue weighted by molar-refractivity contribution is -0.120. The number of ether oxygens (including phenoxy) is 1. The third kappa shape index (κ3) is 7.49. The summed E-state index contributed by atoms with van der Waals surface area (Å²) in [6.45, 7) is 8.37. The maximum atomic E-state index is 13.6. The molecule has 2 amide bonds. The molecule has 0 unspecified atom stereocenters. The molecule has 2 heterocycles. The first-order valence-electron chi connectivity index (χ1n) is 16.3. The fraction of sp³-hybridized carbons (Fsp3) is 0.351. The summed E-state index contributed by atoms with van der Waals surface area (Å²) in [6, 6.07) is 13.9. The Hall–Kier alpha value is -4.83. The van der Waals surface area contributed by atoms with Gasteiger partial charge >= 0.3 is 5.63 Å². The summed E-state index contributed by atoms with van der Waals surface area (Å²) in [5.74, 6) is -0.0387. The summed E-state index contributed by atoms with van der Waals surface area (Å²) < 4.78 is 12.7. The van der Waals surface area contributed by atoms with E-state index in [0.717, 1.165) is 41.4 Å². The van der Waals surface area contributed by atoms with Crippen LogP contribution in [0.2, 0.25) is 5.02 Å². The molecule has 0 bridgehead atoms. The Bertz CT molecular complexity index is 1920. The highest BCUT2D eigenvalue weighted by atomic mass is 35.5. The van der Waals surface area contributed by atoms with Crippen LogP contribution in [0.4, 0.5) is 5.69 Å². The van der Waals surface area contributed by atoms with Crippen molar-refractivity contribution in [3.8, 4) is 0 Å². The third-order valence-corrected chi connectivity index (χ3v) is 9.04. The van der Waals surface area contributed by atoms with Gasteiger partial charge in [-0.05, 0) is 94.1 Å². The number of allylic oxidation sites excluding steroid dienone is 1. The number of hydrogen-bond acceptors (Lipinski definition) is 7. The first-order chi connectivity index (χ1) is 23.1. The Balaban J connectivity index is 1.16. The van der Waals surface area contributed by atoms with Crippen LogP contribution in [0.15, 0.2) is 63.5 Å². The lowest BCUT2D eigenvalue weighted by Gasteiger charge is -2.21. The second-order valence-corrected chi connectivity index (χ2v) is 12.2. The van der Waals surface area contributed by atoms with Crippen LogP contribution in [0.5, 0.6) is 0 Å². The molecular formula is C37H41ClN4O6. The summed E-state index contributed by atoms with van der Waals surface area (Å²) in [5, 5.41) is 6.96. The van der Waals surface area contributed by atoms with Gasteiger partial charge in [0, 0.05) is 77.3 Å². The Kier molecular flexibility index (Phi) is 11.1. The van der Waals surface area contributed by atoms with Crippen molar-refractivity contribution in [2.45, 2.75) is 52.9 Å². The number of benzene rings is 2. The number of carbonyl (C=O) groups is 3. The Morgan fingerprint density at radius 1 is 0.979 bits per heavy atom. The van der Waals surface area contributed by atoms with Crippen molar-refractivity contribution in [3.63, 3.8) is 0 Å². The zero-order valence-electron chi connectivity index (χ0n) is 27.8. The topological polar surface area (TPSA) is 123 Å². The van der Waals surface area contributed by atoms with E-state index in [9.17, 15) is 19.2 Å². The van der Waals surface area contributed by atoms with Crippen molar-refractivity contribution in [2.24, 2.45) is 0 Å². The number of methoxy groups -OCH3 is 1. The second-order valence-electron chi connectivity index (χ2n) is 11.7. The van der Waals surface area contributed by atoms with E-state index in [1.165, 1.54) is 0 Å². The number of anilines is 1. The Morgan fingerprint density at radius 2 is 1.69 bits per heavy atom. The van der Waals surface area contributed by atoms with Crippen molar-refractivity contribution in [1.29, 1.82) is 0 Å². The molecular weight excluding hydrogens is 632 g/mol. The summed E-state index contributed by atoms with van der Waals surface area (Å²) >= 11 is 6.03. The monoisotopic (exact) mass is 672 g/mol. The molecule has 0 fully saturated rings. The fourth-order valence-electron chi connectivity index (χ4n) is 6.14. The van der Waals surface area contributed by atoms with Crippen LogP contribution >= 0.6 is 11.6 Å². The van der Waals surface area contributed by atoms with Gasteiger partial charge in [-0.2, -0.15) is 0 Å². The van der Waals surface area contributed by atoms with Crippen molar-refractivity contribution in [3.05, 3.63) is 103 Å². The number of nitrogens with one attached hydrogen (secondary N) is 2. The number of carbonyl (C=O) groups excluding carboxylic acids is 3. The Labute approximate surface area is 284 Å². The van der Waals surface area contributed by atoms with Crippen molar-refractivity contribution in [2.75, 3.05) is 38.2 Å². The van der Waals surface area contributed by atoms with Gasteiger partial charge in [-0.3, -0.25) is 19.0 Å². The molecule has 0 aliphatic heterocycles. The predicted octanol–water partition coefficient (Wildman–Crippen LogP) is 5.89. The van der Waals surface area contributed by atoms with Gasteiger partial charge in [-0.15, -0.1) is 0 Å². The van der Waals surface area contributed by atoms with Crippen LogP contribution in [-0.4, -0.2) is 55.6 Å². The summed E-state index contributed by atoms with van der Waals surface area (Å²) in [4.78, 5) is 54.1. The summed E-state index contributed by atoms with van der Waals surface area (Å²) in [6.07, 6.45) is 4.51. The maximum Gasteiger partial charge on any atom is 0.349 e. The third-order valence-electron chi connectivity index (χ3n) is 8.79. The minimum Gasteiger partial charge on any atom is -0.501 e. The minimum atomic E-state index is -0.683. The molecule has 2 aromatic carbocycles. The van der Waals surface area contributed by atoms with Crippen LogP contribution in [0, 0.1) is 6.92 Å². The summed E-state index contributed by atoms with van der Waals surface area (Å²) in [7, 11) is 1.62. The average molecular weight is 673 g/mol. The molecule has 0 saturated heterocycles. The number of amides is 2. The fourth-order valence-corrected chi connectivity index (χ4v) is 6.27. The molecule has 0 spiro atoms. The highest BCUT2D eigenvalue weighted by molar-refractivity contribution is 6.30. The first-order valence-corrected chi connectivity index (χ1v) is 16.7. The van der Waals surface area contributed by atoms with E-state index >= 15 is 0 Å². The lowest BCUT2D eigenvalue weighted by Crippen LogP contribution is -2.30. The number of unbranched alkanes of at least 4 members (excludes halogenated alkanes) is 1. The average Bonchev–Trinajstić information content (AvgIpc) is 3.35. The molecule has 4 aromatic rings. The molecule has 0 radical (unpaired) electrons. The Morgan fingerprint density at radius 3 is 2.38 bits per heavy atom. The quantitative estimate of drug-likeness (QED) is 0.134. The van der Waals surface area contributed by atoms with E-state index in [1.54, 1.807) is 42.0 Å². The summed E-state index contributed by atoms with van der Waals surface area (Å²) in [5.41, 5.74) is 4.38. The molecule has 5 rings (SSSR count). The predicted molar refractivity (Wildman–Crippen MR) is 188 cm³/mol. The molecule has 10 nitrogen and oxygen atoms in total. The molecule has 11 heteroatoms. The highest BCUT2D eigenvalue weighted by Crippen LogP contribution is 2.33. The van der Waals surface area contributed by atoms with Gasteiger partial charge in [0.15, 0.2) is 0 Å². The molecule has 2 aromatic heterocycles. The number of rotatable bonds is 13. The van der Waals surface area contributed by atoms with E-state index in [1.807, 2.05) is 31.2 Å². The van der Waals surface area contributed by atoms with Crippen molar-refractivity contribution < 1.29 is 23.5 Å². The number of hydrogen-bond donors (Lipinski definition) is 2. The number of nitrogens with zero attached hydrogens (tertiary/aromatic N) is 2.